The Morgan fingerprint density at radius 2 is 1.94 bits per heavy atom. The summed E-state index contributed by atoms with van der Waals surface area (Å²) in [5.41, 5.74) is 3.23. The summed E-state index contributed by atoms with van der Waals surface area (Å²) in [6.07, 6.45) is 1.47. The van der Waals surface area contributed by atoms with Crippen LogP contribution in [0.5, 0.6) is 0 Å². The van der Waals surface area contributed by atoms with E-state index in [1.54, 1.807) is 28.8 Å². The SMILES string of the molecule is Cc1ccc(-n2c(SCC(=O)Nc3ccc(Cl)cn3)nc3ccccc3c2=O)c(C)c1. The van der Waals surface area contributed by atoms with Gasteiger partial charge in [0.15, 0.2) is 5.16 Å². The maximum absolute atomic E-state index is 13.3. The molecule has 2 heterocycles. The van der Waals surface area contributed by atoms with Gasteiger partial charge in [0.1, 0.15) is 5.82 Å². The van der Waals surface area contributed by atoms with Gasteiger partial charge in [-0.15, -0.1) is 0 Å². The van der Waals surface area contributed by atoms with Gasteiger partial charge in [-0.2, -0.15) is 0 Å². The van der Waals surface area contributed by atoms with E-state index in [1.807, 2.05) is 44.2 Å². The van der Waals surface area contributed by atoms with Gasteiger partial charge in [-0.3, -0.25) is 14.2 Å². The van der Waals surface area contributed by atoms with Gasteiger partial charge in [0.05, 0.1) is 27.4 Å². The third-order valence-electron chi connectivity index (χ3n) is 4.67. The van der Waals surface area contributed by atoms with E-state index in [4.69, 9.17) is 11.6 Å². The van der Waals surface area contributed by atoms with Crippen LogP contribution in [0.4, 0.5) is 5.82 Å². The fourth-order valence-electron chi connectivity index (χ4n) is 3.24. The molecule has 2 aromatic heterocycles. The first-order valence-electron chi connectivity index (χ1n) is 9.56. The number of carbonyl (C=O) groups excluding carboxylic acids is 1. The van der Waals surface area contributed by atoms with E-state index in [2.05, 4.69) is 15.3 Å². The van der Waals surface area contributed by atoms with E-state index in [9.17, 15) is 9.59 Å². The van der Waals surface area contributed by atoms with E-state index < -0.39 is 0 Å². The number of aryl methyl sites for hydroxylation is 2. The average molecular weight is 451 g/mol. The van der Waals surface area contributed by atoms with Crippen LogP contribution < -0.4 is 10.9 Å². The number of para-hydroxylation sites is 1. The summed E-state index contributed by atoms with van der Waals surface area (Å²) in [6.45, 7) is 3.96. The molecule has 2 aromatic carbocycles. The second kappa shape index (κ2) is 8.91. The number of nitrogens with zero attached hydrogens (tertiary/aromatic N) is 3. The van der Waals surface area contributed by atoms with Crippen molar-refractivity contribution < 1.29 is 4.79 Å². The summed E-state index contributed by atoms with van der Waals surface area (Å²) in [6, 6.07) is 16.4. The number of pyridine rings is 1. The number of hydrogen-bond acceptors (Lipinski definition) is 5. The molecule has 1 amide bonds. The lowest BCUT2D eigenvalue weighted by Gasteiger charge is -2.15. The van der Waals surface area contributed by atoms with Crippen molar-refractivity contribution in [1.82, 2.24) is 14.5 Å². The Labute approximate surface area is 188 Å². The summed E-state index contributed by atoms with van der Waals surface area (Å²) in [5.74, 6) is 0.225. The molecule has 6 nitrogen and oxygen atoms in total. The molecule has 156 valence electrons. The molecule has 0 saturated heterocycles. The summed E-state index contributed by atoms with van der Waals surface area (Å²) in [7, 11) is 0. The Bertz CT molecular complexity index is 1340. The molecule has 0 radical (unpaired) electrons. The Morgan fingerprint density at radius 3 is 2.68 bits per heavy atom. The topological polar surface area (TPSA) is 76.9 Å². The summed E-state index contributed by atoms with van der Waals surface area (Å²) >= 11 is 7.03. The van der Waals surface area contributed by atoms with Crippen molar-refractivity contribution in [3.05, 3.63) is 87.3 Å². The number of rotatable bonds is 5. The zero-order valence-corrected chi connectivity index (χ0v) is 18.5. The zero-order valence-electron chi connectivity index (χ0n) is 16.9. The lowest BCUT2D eigenvalue weighted by Crippen LogP contribution is -2.23. The van der Waals surface area contributed by atoms with Crippen LogP contribution in [-0.2, 0) is 4.79 Å². The number of aromatic nitrogens is 3. The maximum atomic E-state index is 13.3. The monoisotopic (exact) mass is 450 g/mol. The molecule has 0 unspecified atom stereocenters. The summed E-state index contributed by atoms with van der Waals surface area (Å²) < 4.78 is 1.58. The number of anilines is 1. The first-order chi connectivity index (χ1) is 14.9. The van der Waals surface area contributed by atoms with Crippen molar-refractivity contribution >= 4 is 46.0 Å². The van der Waals surface area contributed by atoms with Gasteiger partial charge >= 0.3 is 0 Å². The van der Waals surface area contributed by atoms with Crippen molar-refractivity contribution in [2.24, 2.45) is 0 Å². The smallest absolute Gasteiger partial charge is 0.266 e. The Morgan fingerprint density at radius 1 is 1.13 bits per heavy atom. The highest BCUT2D eigenvalue weighted by atomic mass is 35.5. The van der Waals surface area contributed by atoms with E-state index >= 15 is 0 Å². The van der Waals surface area contributed by atoms with Crippen molar-refractivity contribution in [2.75, 3.05) is 11.1 Å². The molecule has 8 heteroatoms. The highest BCUT2D eigenvalue weighted by Gasteiger charge is 2.16. The quantitative estimate of drug-likeness (QED) is 0.349. The minimum absolute atomic E-state index is 0.0694. The van der Waals surface area contributed by atoms with Crippen molar-refractivity contribution in [2.45, 2.75) is 19.0 Å². The molecule has 0 aliphatic rings. The van der Waals surface area contributed by atoms with Crippen LogP contribution in [0.2, 0.25) is 5.02 Å². The third kappa shape index (κ3) is 4.62. The minimum atomic E-state index is -0.255. The van der Waals surface area contributed by atoms with Crippen LogP contribution in [-0.4, -0.2) is 26.2 Å². The molecule has 0 atom stereocenters. The third-order valence-corrected chi connectivity index (χ3v) is 5.83. The zero-order chi connectivity index (χ0) is 22.0. The molecule has 0 spiro atoms. The standard InChI is InChI=1S/C23H19ClN4O2S/c1-14-7-9-19(15(2)11-14)28-22(30)17-5-3-4-6-18(17)26-23(28)31-13-21(29)27-20-10-8-16(24)12-25-20/h3-12H,13H2,1-2H3,(H,25,27,29). The molecule has 1 N–H and O–H groups in total. The second-order valence-electron chi connectivity index (χ2n) is 7.04. The van der Waals surface area contributed by atoms with Crippen molar-refractivity contribution in [3.8, 4) is 5.69 Å². The Hall–Kier alpha value is -3.16. The normalized spacial score (nSPS) is 10.9. The van der Waals surface area contributed by atoms with Gasteiger partial charge in [-0.05, 0) is 49.7 Å². The van der Waals surface area contributed by atoms with Crippen molar-refractivity contribution in [1.29, 1.82) is 0 Å². The van der Waals surface area contributed by atoms with Crippen LogP contribution in [0.25, 0.3) is 16.6 Å². The number of fused-ring (bicyclic) bond motifs is 1. The van der Waals surface area contributed by atoms with Gasteiger partial charge in [0.25, 0.3) is 5.56 Å². The second-order valence-corrected chi connectivity index (χ2v) is 8.42. The maximum Gasteiger partial charge on any atom is 0.266 e. The van der Waals surface area contributed by atoms with Crippen LogP contribution in [0, 0.1) is 13.8 Å². The molecule has 0 aliphatic carbocycles. The van der Waals surface area contributed by atoms with Gasteiger partial charge in [-0.1, -0.05) is 53.2 Å². The van der Waals surface area contributed by atoms with Gasteiger partial charge in [-0.25, -0.2) is 9.97 Å². The van der Waals surface area contributed by atoms with E-state index in [-0.39, 0.29) is 17.2 Å². The number of benzene rings is 2. The molecule has 0 aliphatic heterocycles. The van der Waals surface area contributed by atoms with Crippen LogP contribution in [0.3, 0.4) is 0 Å². The predicted octanol–water partition coefficient (Wildman–Crippen LogP) is 4.78. The number of nitrogens with one attached hydrogen (secondary N) is 1. The molecule has 31 heavy (non-hydrogen) atoms. The summed E-state index contributed by atoms with van der Waals surface area (Å²) in [5, 5.41) is 4.20. The predicted molar refractivity (Wildman–Crippen MR) is 125 cm³/mol. The van der Waals surface area contributed by atoms with E-state index in [1.165, 1.54) is 18.0 Å². The highest BCUT2D eigenvalue weighted by Crippen LogP contribution is 2.24. The number of halogens is 1. The lowest BCUT2D eigenvalue weighted by atomic mass is 10.1. The van der Waals surface area contributed by atoms with Gasteiger partial charge in [0.2, 0.25) is 5.91 Å². The van der Waals surface area contributed by atoms with Crippen LogP contribution in [0.15, 0.2) is 70.7 Å². The Balaban J connectivity index is 1.69. The van der Waals surface area contributed by atoms with Gasteiger partial charge in [0, 0.05) is 6.20 Å². The Kier molecular flexibility index (Phi) is 6.06. The fourth-order valence-corrected chi connectivity index (χ4v) is 4.15. The average Bonchev–Trinajstić information content (AvgIpc) is 2.75. The molecule has 0 fully saturated rings. The molecular formula is C23H19ClN4O2S. The number of amides is 1. The highest BCUT2D eigenvalue weighted by molar-refractivity contribution is 7.99. The van der Waals surface area contributed by atoms with E-state index in [0.29, 0.717) is 26.9 Å². The van der Waals surface area contributed by atoms with Crippen LogP contribution >= 0.6 is 23.4 Å². The first kappa shape index (κ1) is 21.1. The first-order valence-corrected chi connectivity index (χ1v) is 10.9. The number of hydrogen-bond donors (Lipinski definition) is 1. The minimum Gasteiger partial charge on any atom is -0.310 e. The lowest BCUT2D eigenvalue weighted by molar-refractivity contribution is -0.113. The van der Waals surface area contributed by atoms with E-state index in [0.717, 1.165) is 16.8 Å². The van der Waals surface area contributed by atoms with Crippen LogP contribution in [0.1, 0.15) is 11.1 Å². The van der Waals surface area contributed by atoms with Gasteiger partial charge < -0.3 is 5.32 Å². The summed E-state index contributed by atoms with van der Waals surface area (Å²) in [4.78, 5) is 34.5. The fraction of sp³-hybridized carbons (Fsp3) is 0.130. The molecule has 0 bridgehead atoms. The number of thioether (sulfide) groups is 1. The largest absolute Gasteiger partial charge is 0.310 e. The molecule has 0 saturated carbocycles. The molecular weight excluding hydrogens is 432 g/mol. The molecule has 4 aromatic rings. The van der Waals surface area contributed by atoms with Crippen molar-refractivity contribution in [3.63, 3.8) is 0 Å². The molecule has 4 rings (SSSR count). The number of carbonyl (C=O) groups is 1.